The second-order valence-electron chi connectivity index (χ2n) is 6.96. The molecule has 0 unspecified atom stereocenters. The number of carbonyl (C=O) groups is 1. The van der Waals surface area contributed by atoms with Crippen LogP contribution < -0.4 is 10.6 Å². The molecule has 27 heavy (non-hydrogen) atoms. The Hall–Kier alpha value is -2.50. The van der Waals surface area contributed by atoms with E-state index in [1.165, 1.54) is 44.2 Å². The summed E-state index contributed by atoms with van der Waals surface area (Å²) in [4.78, 5) is 12.6. The van der Waals surface area contributed by atoms with Gasteiger partial charge in [0.15, 0.2) is 0 Å². The molecule has 1 aliphatic carbocycles. The van der Waals surface area contributed by atoms with Gasteiger partial charge in [-0.2, -0.15) is 13.2 Å². The first kappa shape index (κ1) is 19.3. The van der Waals surface area contributed by atoms with Crippen molar-refractivity contribution >= 4 is 17.3 Å². The molecule has 0 spiro atoms. The second-order valence-corrected chi connectivity index (χ2v) is 6.96. The summed E-state index contributed by atoms with van der Waals surface area (Å²) in [5, 5.41) is 5.91. The number of nitrogens with one attached hydrogen (secondary N) is 2. The summed E-state index contributed by atoms with van der Waals surface area (Å²) in [5.74, 6) is 0.166. The highest BCUT2D eigenvalue weighted by molar-refractivity contribution is 6.08. The first-order valence-corrected chi connectivity index (χ1v) is 9.25. The first-order chi connectivity index (χ1) is 12.9. The zero-order chi connectivity index (χ0) is 19.3. The fraction of sp³-hybridized carbons (Fsp3) is 0.381. The first-order valence-electron chi connectivity index (χ1n) is 9.25. The van der Waals surface area contributed by atoms with Gasteiger partial charge in [0.2, 0.25) is 0 Å². The van der Waals surface area contributed by atoms with Crippen LogP contribution in [0.2, 0.25) is 0 Å². The van der Waals surface area contributed by atoms with Gasteiger partial charge in [-0.05, 0) is 49.1 Å². The minimum Gasteiger partial charge on any atom is -0.384 e. The van der Waals surface area contributed by atoms with E-state index in [9.17, 15) is 18.0 Å². The van der Waals surface area contributed by atoms with E-state index in [4.69, 9.17) is 0 Å². The van der Waals surface area contributed by atoms with E-state index in [0.29, 0.717) is 17.2 Å². The van der Waals surface area contributed by atoms with Crippen molar-refractivity contribution in [2.24, 2.45) is 5.92 Å². The maximum Gasteiger partial charge on any atom is 0.416 e. The van der Waals surface area contributed by atoms with Crippen molar-refractivity contribution in [3.05, 3.63) is 59.7 Å². The minimum absolute atomic E-state index is 0.122. The van der Waals surface area contributed by atoms with Crippen LogP contribution in [0.25, 0.3) is 0 Å². The fourth-order valence-corrected chi connectivity index (χ4v) is 3.45. The molecule has 144 valence electrons. The molecule has 0 saturated heterocycles. The number of hydrogen-bond donors (Lipinski definition) is 2. The number of hydrogen-bond acceptors (Lipinski definition) is 2. The highest BCUT2D eigenvalue weighted by Crippen LogP contribution is 2.31. The zero-order valence-corrected chi connectivity index (χ0v) is 15.0. The van der Waals surface area contributed by atoms with Crippen LogP contribution in [0, 0.1) is 5.92 Å². The lowest BCUT2D eigenvalue weighted by Gasteiger charge is -2.23. The maximum atomic E-state index is 12.8. The van der Waals surface area contributed by atoms with E-state index in [1.54, 1.807) is 12.1 Å². The number of halogens is 3. The molecule has 0 heterocycles. The van der Waals surface area contributed by atoms with E-state index in [2.05, 4.69) is 10.6 Å². The van der Waals surface area contributed by atoms with Crippen LogP contribution in [-0.4, -0.2) is 12.5 Å². The predicted octanol–water partition coefficient (Wildman–Crippen LogP) is 5.95. The van der Waals surface area contributed by atoms with Gasteiger partial charge in [0.1, 0.15) is 0 Å². The molecule has 0 radical (unpaired) electrons. The van der Waals surface area contributed by atoms with E-state index in [0.717, 1.165) is 18.7 Å². The number of amides is 1. The van der Waals surface area contributed by atoms with Gasteiger partial charge in [-0.15, -0.1) is 0 Å². The van der Waals surface area contributed by atoms with Gasteiger partial charge in [-0.25, -0.2) is 0 Å². The van der Waals surface area contributed by atoms with Crippen molar-refractivity contribution in [3.8, 4) is 0 Å². The summed E-state index contributed by atoms with van der Waals surface area (Å²) in [5.41, 5.74) is 0.458. The Morgan fingerprint density at radius 2 is 1.74 bits per heavy atom. The van der Waals surface area contributed by atoms with Crippen LogP contribution in [0.15, 0.2) is 48.5 Å². The predicted molar refractivity (Wildman–Crippen MR) is 101 cm³/mol. The normalized spacial score (nSPS) is 15.4. The van der Waals surface area contributed by atoms with Crippen LogP contribution in [-0.2, 0) is 6.18 Å². The third-order valence-electron chi connectivity index (χ3n) is 4.93. The molecule has 2 aromatic rings. The number of anilines is 2. The molecule has 1 aliphatic rings. The van der Waals surface area contributed by atoms with Gasteiger partial charge >= 0.3 is 6.18 Å². The molecule has 3 nitrogen and oxygen atoms in total. The molecule has 0 bridgehead atoms. The minimum atomic E-state index is -4.44. The molecule has 2 aromatic carbocycles. The average Bonchev–Trinajstić information content (AvgIpc) is 2.67. The summed E-state index contributed by atoms with van der Waals surface area (Å²) in [6.07, 6.45) is 1.69. The monoisotopic (exact) mass is 376 g/mol. The van der Waals surface area contributed by atoms with E-state index in [-0.39, 0.29) is 5.69 Å². The molecule has 0 aromatic heterocycles. The Labute approximate surface area is 157 Å². The molecule has 0 atom stereocenters. The van der Waals surface area contributed by atoms with Crippen molar-refractivity contribution in [2.75, 3.05) is 17.2 Å². The number of para-hydroxylation sites is 1. The second kappa shape index (κ2) is 8.46. The number of benzene rings is 2. The van der Waals surface area contributed by atoms with Crippen LogP contribution in [0.4, 0.5) is 24.5 Å². The number of alkyl halides is 3. The van der Waals surface area contributed by atoms with Crippen LogP contribution in [0.1, 0.15) is 48.0 Å². The molecule has 1 fully saturated rings. The summed E-state index contributed by atoms with van der Waals surface area (Å²) in [6.45, 7) is 0.799. The quantitative estimate of drug-likeness (QED) is 0.677. The van der Waals surface area contributed by atoms with Crippen molar-refractivity contribution in [1.82, 2.24) is 0 Å². The summed E-state index contributed by atoms with van der Waals surface area (Å²) < 4.78 is 38.5. The van der Waals surface area contributed by atoms with Crippen LogP contribution in [0.5, 0.6) is 0 Å². The van der Waals surface area contributed by atoms with Crippen molar-refractivity contribution in [2.45, 2.75) is 38.3 Å². The SMILES string of the molecule is O=C(Nc1cccc(C(F)(F)F)c1)c1ccccc1NCC1CCCCC1. The molecule has 2 N–H and O–H groups in total. The summed E-state index contributed by atoms with van der Waals surface area (Å²) >= 11 is 0. The summed E-state index contributed by atoms with van der Waals surface area (Å²) in [6, 6.07) is 11.7. The summed E-state index contributed by atoms with van der Waals surface area (Å²) in [7, 11) is 0. The van der Waals surface area contributed by atoms with Crippen molar-refractivity contribution < 1.29 is 18.0 Å². The molecule has 6 heteroatoms. The maximum absolute atomic E-state index is 12.8. The van der Waals surface area contributed by atoms with Crippen molar-refractivity contribution in [1.29, 1.82) is 0 Å². The van der Waals surface area contributed by atoms with Gasteiger partial charge < -0.3 is 10.6 Å². The third kappa shape index (κ3) is 5.25. The largest absolute Gasteiger partial charge is 0.416 e. The van der Waals surface area contributed by atoms with E-state index in [1.807, 2.05) is 12.1 Å². The fourth-order valence-electron chi connectivity index (χ4n) is 3.45. The van der Waals surface area contributed by atoms with Crippen LogP contribution in [0.3, 0.4) is 0 Å². The zero-order valence-electron chi connectivity index (χ0n) is 15.0. The number of rotatable bonds is 5. The Balaban J connectivity index is 1.69. The molecule has 3 rings (SSSR count). The van der Waals surface area contributed by atoms with Gasteiger partial charge in [-0.3, -0.25) is 4.79 Å². The standard InChI is InChI=1S/C21H23F3N2O/c22-21(23,24)16-9-6-10-17(13-16)26-20(27)18-11-4-5-12-19(18)25-14-15-7-2-1-3-8-15/h4-6,9-13,15,25H,1-3,7-8,14H2,(H,26,27). The van der Waals surface area contributed by atoms with Gasteiger partial charge in [0.25, 0.3) is 5.91 Å². The van der Waals surface area contributed by atoms with E-state index >= 15 is 0 Å². The molecule has 1 saturated carbocycles. The van der Waals surface area contributed by atoms with Gasteiger partial charge in [0, 0.05) is 17.9 Å². The third-order valence-corrected chi connectivity index (χ3v) is 4.93. The topological polar surface area (TPSA) is 41.1 Å². The molecule has 1 amide bonds. The average molecular weight is 376 g/mol. The Morgan fingerprint density at radius 1 is 1.00 bits per heavy atom. The Kier molecular flexibility index (Phi) is 6.04. The Bertz CT molecular complexity index is 783. The lowest BCUT2D eigenvalue weighted by atomic mass is 9.89. The highest BCUT2D eigenvalue weighted by Gasteiger charge is 2.30. The van der Waals surface area contributed by atoms with Gasteiger partial charge in [0.05, 0.1) is 11.1 Å². The highest BCUT2D eigenvalue weighted by atomic mass is 19.4. The lowest BCUT2D eigenvalue weighted by molar-refractivity contribution is -0.137. The molecular weight excluding hydrogens is 353 g/mol. The molecular formula is C21H23F3N2O. The Morgan fingerprint density at radius 3 is 2.48 bits per heavy atom. The van der Waals surface area contributed by atoms with Crippen LogP contribution >= 0.6 is 0 Å². The lowest BCUT2D eigenvalue weighted by Crippen LogP contribution is -2.20. The van der Waals surface area contributed by atoms with Crippen molar-refractivity contribution in [3.63, 3.8) is 0 Å². The van der Waals surface area contributed by atoms with E-state index < -0.39 is 17.6 Å². The van der Waals surface area contributed by atoms with Gasteiger partial charge in [-0.1, -0.05) is 37.5 Å². The number of carbonyl (C=O) groups excluding carboxylic acids is 1. The molecule has 0 aliphatic heterocycles. The smallest absolute Gasteiger partial charge is 0.384 e.